The first-order chi connectivity index (χ1) is 11.0. The Morgan fingerprint density at radius 2 is 2.00 bits per heavy atom. The fraction of sp³-hybridized carbons (Fsp3) is 0.556. The first-order valence-electron chi connectivity index (χ1n) is 8.33. The molecule has 1 aromatic rings. The summed E-state index contributed by atoms with van der Waals surface area (Å²) in [7, 11) is 3.53. The minimum Gasteiger partial charge on any atom is -0.357 e. The van der Waals surface area contributed by atoms with Crippen molar-refractivity contribution in [2.24, 2.45) is 4.99 Å². The molecule has 0 aliphatic rings. The summed E-state index contributed by atoms with van der Waals surface area (Å²) in [5.74, 6) is 0.879. The highest BCUT2D eigenvalue weighted by atomic mass is 127. The van der Waals surface area contributed by atoms with Gasteiger partial charge < -0.3 is 15.5 Å². The number of rotatable bonds is 7. The highest BCUT2D eigenvalue weighted by Crippen LogP contribution is 2.08. The summed E-state index contributed by atoms with van der Waals surface area (Å²) in [6.45, 7) is 7.88. The average molecular weight is 446 g/mol. The van der Waals surface area contributed by atoms with Gasteiger partial charge in [0.25, 0.3) is 5.91 Å². The second-order valence-corrected chi connectivity index (χ2v) is 5.86. The molecule has 24 heavy (non-hydrogen) atoms. The van der Waals surface area contributed by atoms with Crippen LogP contribution in [0.1, 0.15) is 43.1 Å². The Balaban J connectivity index is 0.00000529. The molecule has 1 unspecified atom stereocenters. The molecule has 1 atom stereocenters. The first-order valence-corrected chi connectivity index (χ1v) is 8.33. The van der Waals surface area contributed by atoms with Gasteiger partial charge in [-0.15, -0.1) is 24.0 Å². The summed E-state index contributed by atoms with van der Waals surface area (Å²) in [6.07, 6.45) is 1.87. The lowest BCUT2D eigenvalue weighted by Crippen LogP contribution is -2.42. The van der Waals surface area contributed by atoms with Gasteiger partial charge in [0.1, 0.15) is 0 Å². The van der Waals surface area contributed by atoms with Crippen molar-refractivity contribution in [2.45, 2.75) is 39.7 Å². The average Bonchev–Trinajstić information content (AvgIpc) is 2.54. The summed E-state index contributed by atoms with van der Waals surface area (Å²) >= 11 is 0. The lowest BCUT2D eigenvalue weighted by molar-refractivity contribution is 0.0827. The topological polar surface area (TPSA) is 56.7 Å². The van der Waals surface area contributed by atoms with E-state index < -0.39 is 0 Å². The van der Waals surface area contributed by atoms with Crippen LogP contribution in [0.2, 0.25) is 0 Å². The van der Waals surface area contributed by atoms with E-state index in [0.717, 1.165) is 36.5 Å². The lowest BCUT2D eigenvalue weighted by atomic mass is 10.1. The quantitative estimate of drug-likeness (QED) is 0.385. The molecule has 0 saturated carbocycles. The van der Waals surface area contributed by atoms with Crippen LogP contribution in [0, 0.1) is 0 Å². The molecule has 0 radical (unpaired) electrons. The van der Waals surface area contributed by atoms with Crippen molar-refractivity contribution >= 4 is 35.8 Å². The normalized spacial score (nSPS) is 12.1. The fourth-order valence-electron chi connectivity index (χ4n) is 2.07. The van der Waals surface area contributed by atoms with Gasteiger partial charge in [-0.3, -0.25) is 9.79 Å². The van der Waals surface area contributed by atoms with Crippen LogP contribution in [0.5, 0.6) is 0 Å². The van der Waals surface area contributed by atoms with Gasteiger partial charge in [-0.25, -0.2) is 0 Å². The van der Waals surface area contributed by atoms with Gasteiger partial charge in [0.2, 0.25) is 0 Å². The van der Waals surface area contributed by atoms with Gasteiger partial charge in [0.15, 0.2) is 5.96 Å². The second-order valence-electron chi connectivity index (χ2n) is 5.86. The molecule has 0 saturated heterocycles. The Labute approximate surface area is 163 Å². The maximum Gasteiger partial charge on any atom is 0.253 e. The third kappa shape index (κ3) is 7.99. The van der Waals surface area contributed by atoms with Crippen LogP contribution >= 0.6 is 24.0 Å². The van der Waals surface area contributed by atoms with Crippen molar-refractivity contribution in [1.82, 2.24) is 15.5 Å². The van der Waals surface area contributed by atoms with Crippen molar-refractivity contribution in [2.75, 3.05) is 27.2 Å². The van der Waals surface area contributed by atoms with Gasteiger partial charge in [-0.05, 0) is 44.4 Å². The molecular formula is C18H31IN4O. The zero-order valence-corrected chi connectivity index (χ0v) is 17.8. The van der Waals surface area contributed by atoms with Crippen molar-refractivity contribution < 1.29 is 4.79 Å². The molecule has 0 heterocycles. The third-order valence-electron chi connectivity index (χ3n) is 3.59. The Morgan fingerprint density at radius 3 is 2.58 bits per heavy atom. The minimum absolute atomic E-state index is 0. The Kier molecular flexibility index (Phi) is 11.4. The standard InChI is InChI=1S/C18H30N4O.HI/c1-6-14(3)21-18(19-7-2)20-12-11-15-9-8-10-16(13-15)17(23)22(4)5;/h8-10,13-14H,6-7,11-12H2,1-5H3,(H2,19,20,21);1H. The molecular weight excluding hydrogens is 415 g/mol. The molecule has 1 aromatic carbocycles. The van der Waals surface area contributed by atoms with Crippen LogP contribution in [0.3, 0.4) is 0 Å². The number of benzene rings is 1. The van der Waals surface area contributed by atoms with Gasteiger partial charge in [0, 0.05) is 38.8 Å². The Morgan fingerprint density at radius 1 is 1.29 bits per heavy atom. The third-order valence-corrected chi connectivity index (χ3v) is 3.59. The largest absolute Gasteiger partial charge is 0.357 e. The molecule has 0 bridgehead atoms. The van der Waals surface area contributed by atoms with E-state index in [2.05, 4.69) is 36.4 Å². The van der Waals surface area contributed by atoms with E-state index in [1.807, 2.05) is 24.3 Å². The van der Waals surface area contributed by atoms with E-state index in [1.54, 1.807) is 19.0 Å². The van der Waals surface area contributed by atoms with Gasteiger partial charge in [-0.2, -0.15) is 0 Å². The van der Waals surface area contributed by atoms with Crippen LogP contribution < -0.4 is 10.6 Å². The van der Waals surface area contributed by atoms with Crippen LogP contribution in [-0.4, -0.2) is 50.0 Å². The molecule has 6 heteroatoms. The maximum atomic E-state index is 12.0. The molecule has 0 aromatic heterocycles. The number of hydrogen-bond donors (Lipinski definition) is 2. The van der Waals surface area contributed by atoms with E-state index in [9.17, 15) is 4.79 Å². The van der Waals surface area contributed by atoms with Gasteiger partial charge in [0.05, 0.1) is 0 Å². The number of carbonyl (C=O) groups excluding carboxylic acids is 1. The number of nitrogens with one attached hydrogen (secondary N) is 2. The molecule has 2 N–H and O–H groups in total. The summed E-state index contributed by atoms with van der Waals surface area (Å²) in [5.41, 5.74) is 1.85. The summed E-state index contributed by atoms with van der Waals surface area (Å²) in [4.78, 5) is 18.2. The maximum absolute atomic E-state index is 12.0. The van der Waals surface area contributed by atoms with Crippen LogP contribution in [0.4, 0.5) is 0 Å². The smallest absolute Gasteiger partial charge is 0.253 e. The van der Waals surface area contributed by atoms with Crippen LogP contribution in [0.25, 0.3) is 0 Å². The SMILES string of the molecule is CCNC(=NCCc1cccc(C(=O)N(C)C)c1)NC(C)CC.I. The van der Waals surface area contributed by atoms with E-state index in [-0.39, 0.29) is 29.9 Å². The lowest BCUT2D eigenvalue weighted by Gasteiger charge is -2.16. The molecule has 1 amide bonds. The molecule has 0 spiro atoms. The van der Waals surface area contributed by atoms with E-state index in [1.165, 1.54) is 0 Å². The molecule has 0 fully saturated rings. The number of aliphatic imine (C=N–C) groups is 1. The van der Waals surface area contributed by atoms with Crippen LogP contribution in [-0.2, 0) is 6.42 Å². The Bertz CT molecular complexity index is 532. The summed E-state index contributed by atoms with van der Waals surface area (Å²) in [5, 5.41) is 6.63. The van der Waals surface area contributed by atoms with E-state index in [4.69, 9.17) is 0 Å². The molecule has 0 aliphatic heterocycles. The molecule has 1 rings (SSSR count). The van der Waals surface area contributed by atoms with Gasteiger partial charge >= 0.3 is 0 Å². The van der Waals surface area contributed by atoms with Crippen molar-refractivity contribution in [3.05, 3.63) is 35.4 Å². The van der Waals surface area contributed by atoms with E-state index >= 15 is 0 Å². The van der Waals surface area contributed by atoms with E-state index in [0.29, 0.717) is 12.6 Å². The number of hydrogen-bond acceptors (Lipinski definition) is 2. The van der Waals surface area contributed by atoms with Gasteiger partial charge in [-0.1, -0.05) is 19.1 Å². The number of amides is 1. The minimum atomic E-state index is 0. The molecule has 5 nitrogen and oxygen atoms in total. The summed E-state index contributed by atoms with van der Waals surface area (Å²) < 4.78 is 0. The monoisotopic (exact) mass is 446 g/mol. The highest BCUT2D eigenvalue weighted by Gasteiger charge is 2.08. The second kappa shape index (κ2) is 12.1. The number of carbonyl (C=O) groups is 1. The van der Waals surface area contributed by atoms with Crippen LogP contribution in [0.15, 0.2) is 29.3 Å². The molecule has 0 aliphatic carbocycles. The van der Waals surface area contributed by atoms with Crippen molar-refractivity contribution in [1.29, 1.82) is 0 Å². The number of nitrogens with zero attached hydrogens (tertiary/aromatic N) is 2. The van der Waals surface area contributed by atoms with Crippen molar-refractivity contribution in [3.8, 4) is 0 Å². The van der Waals surface area contributed by atoms with Crippen molar-refractivity contribution in [3.63, 3.8) is 0 Å². The molecule has 136 valence electrons. The Hall–Kier alpha value is -1.31. The zero-order chi connectivity index (χ0) is 17.2. The zero-order valence-electron chi connectivity index (χ0n) is 15.4. The number of halogens is 1. The predicted octanol–water partition coefficient (Wildman–Crippen LogP) is 2.90. The highest BCUT2D eigenvalue weighted by molar-refractivity contribution is 14.0. The predicted molar refractivity (Wildman–Crippen MR) is 112 cm³/mol. The summed E-state index contributed by atoms with van der Waals surface area (Å²) in [6, 6.07) is 8.17. The fourth-order valence-corrected chi connectivity index (χ4v) is 2.07. The number of guanidine groups is 1. The first kappa shape index (κ1) is 22.7.